The number of rotatable bonds is 2. The Morgan fingerprint density at radius 3 is 2.50 bits per heavy atom. The van der Waals surface area contributed by atoms with Gasteiger partial charge in [-0.3, -0.25) is 0 Å². The molecule has 1 aromatic heterocycles. The molecule has 0 aromatic carbocycles. The minimum atomic E-state index is -1.51. The van der Waals surface area contributed by atoms with Crippen LogP contribution in [0, 0.1) is 0 Å². The Hall–Kier alpha value is -0.775. The van der Waals surface area contributed by atoms with Crippen molar-refractivity contribution in [1.82, 2.24) is 4.98 Å². The Morgan fingerprint density at radius 1 is 1.25 bits per heavy atom. The van der Waals surface area contributed by atoms with E-state index in [0.717, 1.165) is 31.7 Å². The van der Waals surface area contributed by atoms with Crippen molar-refractivity contribution in [2.45, 2.75) is 19.3 Å². The van der Waals surface area contributed by atoms with Crippen molar-refractivity contribution < 1.29 is 10.0 Å². The van der Waals surface area contributed by atoms with Crippen LogP contribution >= 0.6 is 11.6 Å². The highest BCUT2D eigenvalue weighted by atomic mass is 35.5. The average molecular weight is 240 g/mol. The zero-order chi connectivity index (χ0) is 11.5. The predicted molar refractivity (Wildman–Crippen MR) is 65.1 cm³/mol. The number of anilines is 1. The Morgan fingerprint density at radius 2 is 1.94 bits per heavy atom. The van der Waals surface area contributed by atoms with Crippen LogP contribution < -0.4 is 10.4 Å². The number of piperidine rings is 1. The molecular formula is C10H14BClN2O2. The topological polar surface area (TPSA) is 56.6 Å². The molecule has 0 amide bonds. The summed E-state index contributed by atoms with van der Waals surface area (Å²) >= 11 is 6.08. The van der Waals surface area contributed by atoms with E-state index in [-0.39, 0.29) is 0 Å². The highest BCUT2D eigenvalue weighted by Gasteiger charge is 2.18. The van der Waals surface area contributed by atoms with E-state index in [1.54, 1.807) is 6.07 Å². The summed E-state index contributed by atoms with van der Waals surface area (Å²) in [6.07, 6.45) is 5.02. The molecule has 0 aliphatic carbocycles. The van der Waals surface area contributed by atoms with Crippen LogP contribution in [0.15, 0.2) is 12.3 Å². The van der Waals surface area contributed by atoms with Gasteiger partial charge in [0.2, 0.25) is 0 Å². The molecule has 2 N–H and O–H groups in total. The molecule has 2 heterocycles. The number of hydrogen-bond donors (Lipinski definition) is 2. The van der Waals surface area contributed by atoms with Crippen LogP contribution in [0.4, 0.5) is 5.82 Å². The number of nitrogens with zero attached hydrogens (tertiary/aromatic N) is 2. The van der Waals surface area contributed by atoms with Gasteiger partial charge in [-0.1, -0.05) is 11.6 Å². The van der Waals surface area contributed by atoms with Gasteiger partial charge in [-0.25, -0.2) is 4.98 Å². The minimum Gasteiger partial charge on any atom is -0.423 e. The summed E-state index contributed by atoms with van der Waals surface area (Å²) in [7, 11) is -1.51. The summed E-state index contributed by atoms with van der Waals surface area (Å²) in [6, 6.07) is 1.56. The first-order chi connectivity index (χ1) is 7.68. The molecule has 6 heteroatoms. The molecule has 0 spiro atoms. The zero-order valence-corrected chi connectivity index (χ0v) is 9.69. The molecule has 0 saturated carbocycles. The Balaban J connectivity index is 2.21. The average Bonchev–Trinajstić information content (AvgIpc) is 2.30. The lowest BCUT2D eigenvalue weighted by atomic mass is 9.82. The van der Waals surface area contributed by atoms with Crippen LogP contribution in [-0.2, 0) is 0 Å². The van der Waals surface area contributed by atoms with Gasteiger partial charge < -0.3 is 14.9 Å². The fourth-order valence-electron chi connectivity index (χ4n) is 1.93. The third-order valence-corrected chi connectivity index (χ3v) is 3.07. The summed E-state index contributed by atoms with van der Waals surface area (Å²) in [5, 5.41) is 18.5. The van der Waals surface area contributed by atoms with Crippen LogP contribution in [0.5, 0.6) is 0 Å². The Kier molecular flexibility index (Phi) is 3.68. The van der Waals surface area contributed by atoms with Crippen molar-refractivity contribution in [3.05, 3.63) is 17.3 Å². The SMILES string of the molecule is OB(O)c1cnc(N2CCCCC2)c(Cl)c1. The second kappa shape index (κ2) is 5.04. The largest absolute Gasteiger partial charge is 0.490 e. The van der Waals surface area contributed by atoms with E-state index in [1.807, 2.05) is 0 Å². The van der Waals surface area contributed by atoms with E-state index >= 15 is 0 Å². The van der Waals surface area contributed by atoms with Gasteiger partial charge >= 0.3 is 7.12 Å². The van der Waals surface area contributed by atoms with Crippen LogP contribution in [0.1, 0.15) is 19.3 Å². The fourth-order valence-corrected chi connectivity index (χ4v) is 2.22. The van der Waals surface area contributed by atoms with Gasteiger partial charge in [0.15, 0.2) is 0 Å². The van der Waals surface area contributed by atoms with Crippen molar-refractivity contribution >= 4 is 30.0 Å². The maximum Gasteiger partial charge on any atom is 0.490 e. The monoisotopic (exact) mass is 240 g/mol. The molecule has 86 valence electrons. The van der Waals surface area contributed by atoms with E-state index in [2.05, 4.69) is 9.88 Å². The van der Waals surface area contributed by atoms with Crippen molar-refractivity contribution in [1.29, 1.82) is 0 Å². The summed E-state index contributed by atoms with van der Waals surface area (Å²) in [5.74, 6) is 0.741. The van der Waals surface area contributed by atoms with Gasteiger partial charge in [-0.15, -0.1) is 0 Å². The third-order valence-electron chi connectivity index (χ3n) is 2.80. The number of halogens is 1. The number of hydrogen-bond acceptors (Lipinski definition) is 4. The van der Waals surface area contributed by atoms with E-state index in [1.165, 1.54) is 12.6 Å². The molecular weight excluding hydrogens is 226 g/mol. The maximum atomic E-state index is 8.99. The van der Waals surface area contributed by atoms with E-state index in [9.17, 15) is 0 Å². The highest BCUT2D eigenvalue weighted by Crippen LogP contribution is 2.24. The van der Waals surface area contributed by atoms with Gasteiger partial charge in [-0.05, 0) is 25.3 Å². The van der Waals surface area contributed by atoms with Crippen molar-refractivity contribution in [3.8, 4) is 0 Å². The molecule has 1 aliphatic rings. The van der Waals surface area contributed by atoms with Crippen molar-refractivity contribution in [2.24, 2.45) is 0 Å². The van der Waals surface area contributed by atoms with Crippen molar-refractivity contribution in [3.63, 3.8) is 0 Å². The van der Waals surface area contributed by atoms with E-state index < -0.39 is 7.12 Å². The standard InChI is InChI=1S/C10H14BClN2O2/c12-9-6-8(11(15)16)7-13-10(9)14-4-2-1-3-5-14/h6-7,15-16H,1-5H2. The molecule has 4 nitrogen and oxygen atoms in total. The lowest BCUT2D eigenvalue weighted by Crippen LogP contribution is -2.33. The van der Waals surface area contributed by atoms with E-state index in [0.29, 0.717) is 10.5 Å². The first-order valence-corrected chi connectivity index (χ1v) is 5.83. The summed E-state index contributed by atoms with van der Waals surface area (Å²) in [4.78, 5) is 6.34. The molecule has 1 fully saturated rings. The molecule has 0 atom stereocenters. The Labute approximate surface area is 100 Å². The second-order valence-corrected chi connectivity index (χ2v) is 4.40. The lowest BCUT2D eigenvalue weighted by Gasteiger charge is -2.28. The first-order valence-electron chi connectivity index (χ1n) is 5.45. The van der Waals surface area contributed by atoms with Gasteiger partial charge in [0.25, 0.3) is 0 Å². The Bertz CT molecular complexity index is 370. The van der Waals surface area contributed by atoms with Gasteiger partial charge in [0.1, 0.15) is 5.82 Å². The zero-order valence-electron chi connectivity index (χ0n) is 8.93. The number of pyridine rings is 1. The minimum absolute atomic E-state index is 0.325. The fraction of sp³-hybridized carbons (Fsp3) is 0.500. The van der Waals surface area contributed by atoms with Crippen LogP contribution in [-0.4, -0.2) is 35.2 Å². The summed E-state index contributed by atoms with van der Waals surface area (Å²) in [5.41, 5.74) is 0.325. The molecule has 1 saturated heterocycles. The lowest BCUT2D eigenvalue weighted by molar-refractivity contribution is 0.425. The summed E-state index contributed by atoms with van der Waals surface area (Å²) in [6.45, 7) is 1.93. The van der Waals surface area contributed by atoms with Crippen molar-refractivity contribution in [2.75, 3.05) is 18.0 Å². The van der Waals surface area contributed by atoms with Gasteiger partial charge in [0.05, 0.1) is 5.02 Å². The normalized spacial score (nSPS) is 16.3. The highest BCUT2D eigenvalue weighted by molar-refractivity contribution is 6.59. The molecule has 0 radical (unpaired) electrons. The smallest absolute Gasteiger partial charge is 0.423 e. The molecule has 1 aliphatic heterocycles. The van der Waals surface area contributed by atoms with Gasteiger partial charge in [0, 0.05) is 24.7 Å². The quantitative estimate of drug-likeness (QED) is 0.735. The second-order valence-electron chi connectivity index (χ2n) is 4.00. The number of aromatic nitrogens is 1. The maximum absolute atomic E-state index is 8.99. The molecule has 2 rings (SSSR count). The molecule has 0 unspecified atom stereocenters. The molecule has 1 aromatic rings. The third kappa shape index (κ3) is 2.48. The molecule has 0 bridgehead atoms. The van der Waals surface area contributed by atoms with Crippen LogP contribution in [0.2, 0.25) is 5.02 Å². The first kappa shape index (κ1) is 11.7. The van der Waals surface area contributed by atoms with Gasteiger partial charge in [-0.2, -0.15) is 0 Å². The summed E-state index contributed by atoms with van der Waals surface area (Å²) < 4.78 is 0. The van der Waals surface area contributed by atoms with Crippen LogP contribution in [0.25, 0.3) is 0 Å². The molecule has 16 heavy (non-hydrogen) atoms. The predicted octanol–water partition coefficient (Wildman–Crippen LogP) is 0.405. The van der Waals surface area contributed by atoms with E-state index in [4.69, 9.17) is 21.6 Å². The van der Waals surface area contributed by atoms with Crippen LogP contribution in [0.3, 0.4) is 0 Å².